The molecule has 0 N–H and O–H groups in total. The summed E-state index contributed by atoms with van der Waals surface area (Å²) in [5.41, 5.74) is 0.948. The third-order valence-corrected chi connectivity index (χ3v) is 4.08. The van der Waals surface area contributed by atoms with E-state index in [1.807, 2.05) is 18.2 Å². The van der Waals surface area contributed by atoms with Gasteiger partial charge in [0.15, 0.2) is 13.6 Å². The van der Waals surface area contributed by atoms with Crippen molar-refractivity contribution in [1.29, 1.82) is 0 Å². The van der Waals surface area contributed by atoms with Crippen molar-refractivity contribution in [1.82, 2.24) is 0 Å². The van der Waals surface area contributed by atoms with E-state index in [-0.39, 0.29) is 31.4 Å². The lowest BCUT2D eigenvalue weighted by Gasteiger charge is -2.21. The van der Waals surface area contributed by atoms with Crippen molar-refractivity contribution in [3.8, 4) is 11.5 Å². The zero-order valence-corrected chi connectivity index (χ0v) is 13.9. The minimum Gasteiger partial charge on any atom is -0.469 e. The lowest BCUT2D eigenvalue weighted by molar-refractivity contribution is -0.145. The van der Waals surface area contributed by atoms with Gasteiger partial charge in [-0.05, 0) is 31.0 Å². The van der Waals surface area contributed by atoms with Gasteiger partial charge in [-0.2, -0.15) is 0 Å². The molecule has 1 aromatic carbocycles. The first-order valence-electron chi connectivity index (χ1n) is 7.66. The van der Waals surface area contributed by atoms with Crippen LogP contribution in [0.4, 0.5) is 0 Å². The van der Waals surface area contributed by atoms with E-state index in [0.717, 1.165) is 24.8 Å². The Morgan fingerprint density at radius 1 is 1.09 bits per heavy atom. The maximum atomic E-state index is 12.0. The largest absolute Gasteiger partial charge is 0.469 e. The molecule has 1 saturated carbocycles. The maximum absolute atomic E-state index is 12.0. The third-order valence-electron chi connectivity index (χ3n) is 4.08. The number of carbonyl (C=O) groups is 1. The Morgan fingerprint density at radius 2 is 1.83 bits per heavy atom. The first-order chi connectivity index (χ1) is 11.2. The van der Waals surface area contributed by atoms with Crippen LogP contribution in [-0.4, -0.2) is 40.9 Å². The average molecular weight is 324 g/mol. The molecule has 0 bridgehead atoms. The summed E-state index contributed by atoms with van der Waals surface area (Å²) in [6.45, 7) is 0.323. The van der Waals surface area contributed by atoms with E-state index in [1.54, 1.807) is 14.2 Å². The Morgan fingerprint density at radius 3 is 2.52 bits per heavy atom. The smallest absolute Gasteiger partial charge is 0.309 e. The van der Waals surface area contributed by atoms with Crippen molar-refractivity contribution >= 4 is 5.97 Å². The van der Waals surface area contributed by atoms with E-state index in [1.165, 1.54) is 7.11 Å². The molecule has 0 spiro atoms. The molecule has 0 radical (unpaired) electrons. The monoisotopic (exact) mass is 324 g/mol. The summed E-state index contributed by atoms with van der Waals surface area (Å²) in [6, 6.07) is 5.57. The fraction of sp³-hybridized carbons (Fsp3) is 0.588. The van der Waals surface area contributed by atoms with E-state index < -0.39 is 0 Å². The highest BCUT2D eigenvalue weighted by Gasteiger charge is 2.36. The van der Waals surface area contributed by atoms with Gasteiger partial charge in [0.05, 0.1) is 13.0 Å². The second-order valence-corrected chi connectivity index (χ2v) is 5.47. The predicted molar refractivity (Wildman–Crippen MR) is 83.5 cm³/mol. The van der Waals surface area contributed by atoms with E-state index in [9.17, 15) is 4.79 Å². The van der Waals surface area contributed by atoms with Gasteiger partial charge >= 0.3 is 5.97 Å². The summed E-state index contributed by atoms with van der Waals surface area (Å²) >= 11 is 0. The number of benzene rings is 1. The highest BCUT2D eigenvalue weighted by atomic mass is 16.7. The van der Waals surface area contributed by atoms with E-state index in [0.29, 0.717) is 11.5 Å². The SMILES string of the molecule is COCOc1ccc(OCOC)c([C@@H]2CCCC2C(=O)OC)c1. The second-order valence-electron chi connectivity index (χ2n) is 5.47. The van der Waals surface area contributed by atoms with Crippen molar-refractivity contribution < 1.29 is 28.5 Å². The number of esters is 1. The van der Waals surface area contributed by atoms with Crippen LogP contribution in [0.2, 0.25) is 0 Å². The van der Waals surface area contributed by atoms with Crippen molar-refractivity contribution in [3.05, 3.63) is 23.8 Å². The molecule has 0 aromatic heterocycles. The summed E-state index contributed by atoms with van der Waals surface area (Å²) in [4.78, 5) is 12.0. The number of hydrogen-bond donors (Lipinski definition) is 0. The van der Waals surface area contributed by atoms with Gasteiger partial charge in [0.2, 0.25) is 0 Å². The highest BCUT2D eigenvalue weighted by molar-refractivity contribution is 5.74. The molecule has 1 aliphatic rings. The Balaban J connectivity index is 2.29. The zero-order valence-electron chi connectivity index (χ0n) is 13.9. The van der Waals surface area contributed by atoms with Crippen LogP contribution in [0.3, 0.4) is 0 Å². The summed E-state index contributed by atoms with van der Waals surface area (Å²) in [5.74, 6) is 1.12. The standard InChI is InChI=1S/C17H24O6/c1-19-10-22-12-7-8-16(23-11-20-2)15(9-12)13-5-4-6-14(13)17(18)21-3/h7-9,13-14H,4-6,10-11H2,1-3H3/t13-,14?/m1/s1. The fourth-order valence-corrected chi connectivity index (χ4v) is 3.05. The van der Waals surface area contributed by atoms with Gasteiger partial charge in [0, 0.05) is 25.7 Å². The van der Waals surface area contributed by atoms with Gasteiger partial charge in [0.25, 0.3) is 0 Å². The van der Waals surface area contributed by atoms with E-state index in [4.69, 9.17) is 23.7 Å². The zero-order chi connectivity index (χ0) is 16.7. The maximum Gasteiger partial charge on any atom is 0.309 e. The molecule has 0 amide bonds. The van der Waals surface area contributed by atoms with Gasteiger partial charge in [-0.15, -0.1) is 0 Å². The van der Waals surface area contributed by atoms with Crippen molar-refractivity contribution in [2.24, 2.45) is 5.92 Å². The van der Waals surface area contributed by atoms with Gasteiger partial charge in [-0.25, -0.2) is 0 Å². The number of hydrogen-bond acceptors (Lipinski definition) is 6. The Bertz CT molecular complexity index is 516. The topological polar surface area (TPSA) is 63.2 Å². The van der Waals surface area contributed by atoms with Crippen LogP contribution in [0.5, 0.6) is 11.5 Å². The summed E-state index contributed by atoms with van der Waals surface area (Å²) in [6.07, 6.45) is 2.72. The fourth-order valence-electron chi connectivity index (χ4n) is 3.05. The molecule has 0 aliphatic heterocycles. The molecule has 0 heterocycles. The van der Waals surface area contributed by atoms with Crippen LogP contribution in [-0.2, 0) is 19.0 Å². The molecule has 2 atom stereocenters. The molecular formula is C17H24O6. The van der Waals surface area contributed by atoms with Crippen LogP contribution < -0.4 is 9.47 Å². The average Bonchev–Trinajstić information content (AvgIpc) is 3.07. The quantitative estimate of drug-likeness (QED) is 0.541. The van der Waals surface area contributed by atoms with Crippen molar-refractivity contribution in [3.63, 3.8) is 0 Å². The third kappa shape index (κ3) is 4.36. The molecule has 1 aliphatic carbocycles. The lowest BCUT2D eigenvalue weighted by atomic mass is 9.88. The van der Waals surface area contributed by atoms with Crippen LogP contribution >= 0.6 is 0 Å². The van der Waals surface area contributed by atoms with Gasteiger partial charge in [-0.1, -0.05) is 6.42 Å². The molecule has 2 rings (SSSR count). The predicted octanol–water partition coefficient (Wildman–Crippen LogP) is 2.71. The van der Waals surface area contributed by atoms with Gasteiger partial charge in [0.1, 0.15) is 11.5 Å². The van der Waals surface area contributed by atoms with Crippen LogP contribution in [0, 0.1) is 5.92 Å². The number of methoxy groups -OCH3 is 3. The number of ether oxygens (including phenoxy) is 5. The van der Waals surface area contributed by atoms with Crippen LogP contribution in [0.15, 0.2) is 18.2 Å². The molecule has 23 heavy (non-hydrogen) atoms. The minimum absolute atomic E-state index is 0.0559. The summed E-state index contributed by atoms with van der Waals surface area (Å²) in [7, 11) is 4.57. The molecule has 0 saturated heterocycles. The molecular weight excluding hydrogens is 300 g/mol. The molecule has 1 unspecified atom stereocenters. The molecule has 1 fully saturated rings. The Hall–Kier alpha value is -1.79. The lowest BCUT2D eigenvalue weighted by Crippen LogP contribution is -2.20. The van der Waals surface area contributed by atoms with Gasteiger partial charge in [-0.3, -0.25) is 4.79 Å². The first kappa shape index (κ1) is 17.6. The van der Waals surface area contributed by atoms with Crippen LogP contribution in [0.1, 0.15) is 30.7 Å². The molecule has 6 nitrogen and oxygen atoms in total. The highest BCUT2D eigenvalue weighted by Crippen LogP contribution is 2.44. The number of carbonyl (C=O) groups excluding carboxylic acids is 1. The second kappa shape index (κ2) is 8.74. The minimum atomic E-state index is -0.173. The summed E-state index contributed by atoms with van der Waals surface area (Å²) < 4.78 is 26.0. The Kier molecular flexibility index (Phi) is 6.67. The molecule has 6 heteroatoms. The normalized spacial score (nSPS) is 20.3. The summed E-state index contributed by atoms with van der Waals surface area (Å²) in [5, 5.41) is 0. The van der Waals surface area contributed by atoms with Gasteiger partial charge < -0.3 is 23.7 Å². The van der Waals surface area contributed by atoms with Crippen LogP contribution in [0.25, 0.3) is 0 Å². The number of rotatable bonds is 8. The van der Waals surface area contributed by atoms with E-state index >= 15 is 0 Å². The van der Waals surface area contributed by atoms with Crippen molar-refractivity contribution in [2.75, 3.05) is 34.9 Å². The Labute approximate surface area is 136 Å². The van der Waals surface area contributed by atoms with Crippen molar-refractivity contribution in [2.45, 2.75) is 25.2 Å². The molecule has 128 valence electrons. The first-order valence-corrected chi connectivity index (χ1v) is 7.66. The molecule has 1 aromatic rings. The van der Waals surface area contributed by atoms with E-state index in [2.05, 4.69) is 0 Å².